The maximum Gasteiger partial charge on any atom is 0.289 e. The number of hydrogen-bond donors (Lipinski definition) is 2. The molecule has 0 aromatic heterocycles. The second kappa shape index (κ2) is 10.6. The Morgan fingerprint density at radius 3 is 2.64 bits per heavy atom. The molecule has 2 heterocycles. The fourth-order valence-corrected chi connectivity index (χ4v) is 4.73. The van der Waals surface area contributed by atoms with Gasteiger partial charge in [-0.3, -0.25) is 14.5 Å². The van der Waals surface area contributed by atoms with E-state index >= 15 is 0 Å². The van der Waals surface area contributed by atoms with Crippen molar-refractivity contribution in [2.75, 3.05) is 26.2 Å². The number of nitrogens with zero attached hydrogens (tertiary/aromatic N) is 2. The number of carbonyl (C=O) groups is 2. The van der Waals surface area contributed by atoms with Crippen molar-refractivity contribution < 1.29 is 14.7 Å². The van der Waals surface area contributed by atoms with Crippen molar-refractivity contribution in [1.29, 1.82) is 0 Å². The number of aliphatic hydroxyl groups excluding tert-OH is 1. The average Bonchev–Trinajstić information content (AvgIpc) is 3.38. The molecule has 2 aromatic rings. The Morgan fingerprint density at radius 1 is 1.09 bits per heavy atom. The third-order valence-electron chi connectivity index (χ3n) is 6.20. The number of hydrogen-bond acceptors (Lipinski definition) is 4. The van der Waals surface area contributed by atoms with Crippen LogP contribution in [0.15, 0.2) is 59.9 Å². The van der Waals surface area contributed by atoms with Crippen LogP contribution in [-0.4, -0.2) is 58.9 Å². The van der Waals surface area contributed by atoms with E-state index in [1.165, 1.54) is 5.56 Å². The quantitative estimate of drug-likeness (QED) is 0.552. The first-order valence-corrected chi connectivity index (χ1v) is 11.9. The highest BCUT2D eigenvalue weighted by atomic mass is 35.5. The number of amides is 2. The van der Waals surface area contributed by atoms with E-state index in [0.717, 1.165) is 38.0 Å². The number of halogens is 2. The van der Waals surface area contributed by atoms with Crippen LogP contribution in [0.25, 0.3) is 0 Å². The molecular formula is C25H27Cl2N3O3. The van der Waals surface area contributed by atoms with Gasteiger partial charge in [-0.2, -0.15) is 0 Å². The summed E-state index contributed by atoms with van der Waals surface area (Å²) in [4.78, 5) is 29.2. The Balaban J connectivity index is 1.25. The Labute approximate surface area is 203 Å². The standard InChI is InChI=1S/C25H27Cl2N3O3/c26-21-9-8-17(13-22(21)27)7-4-11-28-24(32)20-16-30(25(33)23(20)31)19-10-12-29(15-19)14-18-5-2-1-3-6-18/h1-3,5-6,8-9,13,19,31H,4,7,10-12,14-16H2,(H,28,32). The maximum absolute atomic E-state index is 12.6. The highest BCUT2D eigenvalue weighted by molar-refractivity contribution is 6.42. The molecule has 4 rings (SSSR count). The molecule has 0 spiro atoms. The fraction of sp³-hybridized carbons (Fsp3) is 0.360. The molecule has 0 radical (unpaired) electrons. The first-order chi connectivity index (χ1) is 15.9. The molecule has 2 aliphatic heterocycles. The van der Waals surface area contributed by atoms with E-state index in [1.807, 2.05) is 30.3 Å². The highest BCUT2D eigenvalue weighted by Gasteiger charge is 2.40. The summed E-state index contributed by atoms with van der Waals surface area (Å²) < 4.78 is 0. The van der Waals surface area contributed by atoms with Gasteiger partial charge < -0.3 is 15.3 Å². The smallest absolute Gasteiger partial charge is 0.289 e. The molecule has 33 heavy (non-hydrogen) atoms. The molecule has 0 aliphatic carbocycles. The van der Waals surface area contributed by atoms with Gasteiger partial charge in [0.2, 0.25) is 0 Å². The molecule has 2 aliphatic rings. The van der Waals surface area contributed by atoms with Gasteiger partial charge in [0.25, 0.3) is 11.8 Å². The lowest BCUT2D eigenvalue weighted by molar-refractivity contribution is -0.129. The highest BCUT2D eigenvalue weighted by Crippen LogP contribution is 2.26. The molecule has 1 unspecified atom stereocenters. The summed E-state index contributed by atoms with van der Waals surface area (Å²) in [6.45, 7) is 3.00. The maximum atomic E-state index is 12.6. The predicted molar refractivity (Wildman–Crippen MR) is 129 cm³/mol. The van der Waals surface area contributed by atoms with Gasteiger partial charge in [-0.05, 0) is 42.5 Å². The molecule has 8 heteroatoms. The monoisotopic (exact) mass is 487 g/mol. The second-order valence-electron chi connectivity index (χ2n) is 8.53. The lowest BCUT2D eigenvalue weighted by Crippen LogP contribution is -2.40. The van der Waals surface area contributed by atoms with Crippen LogP contribution in [-0.2, 0) is 22.6 Å². The van der Waals surface area contributed by atoms with E-state index in [1.54, 1.807) is 11.0 Å². The number of benzene rings is 2. The lowest BCUT2D eigenvalue weighted by atomic mass is 10.1. The Kier molecular flexibility index (Phi) is 7.58. The van der Waals surface area contributed by atoms with Gasteiger partial charge in [0, 0.05) is 32.2 Å². The summed E-state index contributed by atoms with van der Waals surface area (Å²) in [7, 11) is 0. The largest absolute Gasteiger partial charge is 0.503 e. The van der Waals surface area contributed by atoms with Crippen molar-refractivity contribution in [3.05, 3.63) is 81.0 Å². The van der Waals surface area contributed by atoms with Crippen LogP contribution in [0, 0.1) is 0 Å². The molecular weight excluding hydrogens is 461 g/mol. The van der Waals surface area contributed by atoms with E-state index in [9.17, 15) is 14.7 Å². The molecule has 2 aromatic carbocycles. The Morgan fingerprint density at radius 2 is 1.88 bits per heavy atom. The van der Waals surface area contributed by atoms with Crippen molar-refractivity contribution >= 4 is 35.0 Å². The van der Waals surface area contributed by atoms with Crippen LogP contribution in [0.1, 0.15) is 24.0 Å². The van der Waals surface area contributed by atoms with Gasteiger partial charge in [-0.1, -0.05) is 59.6 Å². The van der Waals surface area contributed by atoms with Gasteiger partial charge >= 0.3 is 0 Å². The van der Waals surface area contributed by atoms with Gasteiger partial charge in [-0.25, -0.2) is 0 Å². The minimum Gasteiger partial charge on any atom is -0.503 e. The summed E-state index contributed by atoms with van der Waals surface area (Å²) in [5.41, 5.74) is 2.41. The number of rotatable bonds is 8. The molecule has 0 saturated carbocycles. The molecule has 6 nitrogen and oxygen atoms in total. The van der Waals surface area contributed by atoms with Crippen LogP contribution in [0.2, 0.25) is 10.0 Å². The van der Waals surface area contributed by atoms with Crippen molar-refractivity contribution in [3.8, 4) is 0 Å². The topological polar surface area (TPSA) is 72.9 Å². The van der Waals surface area contributed by atoms with E-state index < -0.39 is 17.6 Å². The third kappa shape index (κ3) is 5.69. The first kappa shape index (κ1) is 23.6. The number of carbonyl (C=O) groups excluding carboxylic acids is 2. The summed E-state index contributed by atoms with van der Waals surface area (Å²) in [5, 5.41) is 14.2. The van der Waals surface area contributed by atoms with Crippen molar-refractivity contribution in [2.24, 2.45) is 0 Å². The molecule has 1 fully saturated rings. The van der Waals surface area contributed by atoms with E-state index in [0.29, 0.717) is 23.0 Å². The molecule has 2 N–H and O–H groups in total. The average molecular weight is 488 g/mol. The second-order valence-corrected chi connectivity index (χ2v) is 9.35. The normalized spacial score (nSPS) is 18.9. The minimum absolute atomic E-state index is 0.0108. The predicted octanol–water partition coefficient (Wildman–Crippen LogP) is 3.97. The van der Waals surface area contributed by atoms with Crippen LogP contribution < -0.4 is 5.32 Å². The minimum atomic E-state index is -0.456. The SMILES string of the molecule is O=C(NCCCc1ccc(Cl)c(Cl)c1)C1=C(O)C(=O)N(C2CCN(Cc3ccccc3)C2)C1. The van der Waals surface area contributed by atoms with Crippen molar-refractivity contribution in [1.82, 2.24) is 15.1 Å². The lowest BCUT2D eigenvalue weighted by Gasteiger charge is -2.24. The van der Waals surface area contributed by atoms with E-state index in [2.05, 4.69) is 22.3 Å². The molecule has 174 valence electrons. The van der Waals surface area contributed by atoms with E-state index in [-0.39, 0.29) is 18.2 Å². The number of likely N-dealkylation sites (tertiary alicyclic amines) is 1. The number of nitrogens with one attached hydrogen (secondary N) is 1. The summed E-state index contributed by atoms with van der Waals surface area (Å²) >= 11 is 12.0. The fourth-order valence-electron chi connectivity index (χ4n) is 4.40. The van der Waals surface area contributed by atoms with Gasteiger partial charge in [0.15, 0.2) is 5.76 Å². The van der Waals surface area contributed by atoms with Gasteiger partial charge in [0.1, 0.15) is 0 Å². The Bertz CT molecular complexity index is 1060. The first-order valence-electron chi connectivity index (χ1n) is 11.1. The third-order valence-corrected chi connectivity index (χ3v) is 6.94. The zero-order chi connectivity index (χ0) is 23.4. The summed E-state index contributed by atoms with van der Waals surface area (Å²) in [6.07, 6.45) is 2.25. The van der Waals surface area contributed by atoms with Crippen molar-refractivity contribution in [2.45, 2.75) is 31.8 Å². The summed E-state index contributed by atoms with van der Waals surface area (Å²) in [5.74, 6) is -1.28. The van der Waals surface area contributed by atoms with Gasteiger partial charge in [-0.15, -0.1) is 0 Å². The van der Waals surface area contributed by atoms with Crippen LogP contribution in [0.3, 0.4) is 0 Å². The molecule has 2 amide bonds. The molecule has 1 atom stereocenters. The van der Waals surface area contributed by atoms with E-state index in [4.69, 9.17) is 23.2 Å². The molecule has 1 saturated heterocycles. The van der Waals surface area contributed by atoms with Crippen LogP contribution in [0.4, 0.5) is 0 Å². The zero-order valence-electron chi connectivity index (χ0n) is 18.3. The zero-order valence-corrected chi connectivity index (χ0v) is 19.8. The molecule has 0 bridgehead atoms. The Hall–Kier alpha value is -2.54. The van der Waals surface area contributed by atoms with Crippen molar-refractivity contribution in [3.63, 3.8) is 0 Å². The number of aryl methyl sites for hydroxylation is 1. The number of aliphatic hydroxyl groups is 1. The van der Waals surface area contributed by atoms with Gasteiger partial charge in [0.05, 0.1) is 22.2 Å². The van der Waals surface area contributed by atoms with Crippen LogP contribution >= 0.6 is 23.2 Å². The van der Waals surface area contributed by atoms with Crippen LogP contribution in [0.5, 0.6) is 0 Å². The summed E-state index contributed by atoms with van der Waals surface area (Å²) in [6, 6.07) is 15.7.